The smallest absolute Gasteiger partial charge is 0.338 e. The molecule has 2 heterocycles. The molecule has 0 unspecified atom stereocenters. The normalized spacial score (nSPS) is 10.4. The Hall–Kier alpha value is -2.95. The molecule has 5 nitrogen and oxygen atoms in total. The monoisotopic (exact) mass is 294 g/mol. The van der Waals surface area contributed by atoms with Crippen LogP contribution in [0, 0.1) is 0 Å². The Morgan fingerprint density at radius 3 is 2.77 bits per heavy atom. The molecule has 5 heteroatoms. The van der Waals surface area contributed by atoms with Gasteiger partial charge in [0, 0.05) is 17.8 Å². The van der Waals surface area contributed by atoms with Crippen LogP contribution < -0.4 is 4.74 Å². The van der Waals surface area contributed by atoms with Gasteiger partial charge in [-0.1, -0.05) is 12.1 Å². The molecule has 3 rings (SSSR count). The summed E-state index contributed by atoms with van der Waals surface area (Å²) in [7, 11) is 0. The lowest BCUT2D eigenvalue weighted by molar-refractivity contribution is 0.0452. The van der Waals surface area contributed by atoms with Crippen LogP contribution in [0.1, 0.15) is 10.4 Å². The number of esters is 1. The third-order valence-corrected chi connectivity index (χ3v) is 3.09. The zero-order chi connectivity index (χ0) is 15.2. The zero-order valence-electron chi connectivity index (χ0n) is 11.8. The summed E-state index contributed by atoms with van der Waals surface area (Å²) in [5.41, 5.74) is 1.27. The van der Waals surface area contributed by atoms with Gasteiger partial charge in [0.2, 0.25) is 0 Å². The van der Waals surface area contributed by atoms with Gasteiger partial charge in [-0.25, -0.2) is 4.79 Å². The first-order chi connectivity index (χ1) is 10.8. The lowest BCUT2D eigenvalue weighted by Crippen LogP contribution is -2.12. The Bertz CT molecular complexity index is 770. The molecule has 1 aromatic carbocycles. The van der Waals surface area contributed by atoms with E-state index in [4.69, 9.17) is 9.47 Å². The van der Waals surface area contributed by atoms with E-state index < -0.39 is 0 Å². The van der Waals surface area contributed by atoms with Crippen LogP contribution in [0.3, 0.4) is 0 Å². The Labute approximate surface area is 127 Å². The van der Waals surface area contributed by atoms with Crippen molar-refractivity contribution in [2.24, 2.45) is 0 Å². The van der Waals surface area contributed by atoms with Crippen molar-refractivity contribution in [1.29, 1.82) is 0 Å². The SMILES string of the molecule is O=C(OCCOc1cccnc1)c1cccc2ncccc12. The van der Waals surface area contributed by atoms with Crippen LogP contribution in [0.25, 0.3) is 10.9 Å². The average Bonchev–Trinajstić information content (AvgIpc) is 2.59. The molecule has 0 atom stereocenters. The highest BCUT2D eigenvalue weighted by molar-refractivity contribution is 6.03. The molecule has 0 radical (unpaired) electrons. The molecule has 0 N–H and O–H groups in total. The lowest BCUT2D eigenvalue weighted by Gasteiger charge is -2.08. The number of benzene rings is 1. The van der Waals surface area contributed by atoms with Crippen LogP contribution in [-0.4, -0.2) is 29.2 Å². The molecule has 0 fully saturated rings. The Morgan fingerprint density at radius 1 is 1.00 bits per heavy atom. The summed E-state index contributed by atoms with van der Waals surface area (Å²) in [6.07, 6.45) is 4.97. The van der Waals surface area contributed by atoms with E-state index in [1.165, 1.54) is 0 Å². The number of pyridine rings is 2. The van der Waals surface area contributed by atoms with E-state index in [0.29, 0.717) is 11.3 Å². The van der Waals surface area contributed by atoms with Crippen molar-refractivity contribution >= 4 is 16.9 Å². The summed E-state index contributed by atoms with van der Waals surface area (Å²) in [6.45, 7) is 0.449. The standard InChI is InChI=1S/C17H14N2O3/c20-17(22-11-10-21-13-4-2-8-18-12-13)15-5-1-7-16-14(15)6-3-9-19-16/h1-9,12H,10-11H2. The number of rotatable bonds is 5. The maximum Gasteiger partial charge on any atom is 0.338 e. The van der Waals surface area contributed by atoms with Gasteiger partial charge in [0.05, 0.1) is 17.3 Å². The first-order valence-corrected chi connectivity index (χ1v) is 6.88. The highest BCUT2D eigenvalue weighted by atomic mass is 16.6. The molecule has 0 saturated carbocycles. The van der Waals surface area contributed by atoms with Gasteiger partial charge in [-0.05, 0) is 30.3 Å². The van der Waals surface area contributed by atoms with Gasteiger partial charge in [-0.15, -0.1) is 0 Å². The summed E-state index contributed by atoms with van der Waals surface area (Å²) in [5.74, 6) is 0.265. The van der Waals surface area contributed by atoms with E-state index in [0.717, 1.165) is 10.9 Å². The number of carbonyl (C=O) groups is 1. The van der Waals surface area contributed by atoms with Crippen molar-refractivity contribution < 1.29 is 14.3 Å². The van der Waals surface area contributed by atoms with Crippen LogP contribution in [0.5, 0.6) is 5.75 Å². The first-order valence-electron chi connectivity index (χ1n) is 6.88. The van der Waals surface area contributed by atoms with Crippen molar-refractivity contribution in [3.05, 3.63) is 66.6 Å². The number of aromatic nitrogens is 2. The van der Waals surface area contributed by atoms with Gasteiger partial charge >= 0.3 is 5.97 Å². The van der Waals surface area contributed by atoms with Crippen molar-refractivity contribution in [3.8, 4) is 5.75 Å². The number of fused-ring (bicyclic) bond motifs is 1. The van der Waals surface area contributed by atoms with Gasteiger partial charge in [0.1, 0.15) is 19.0 Å². The molecule has 3 aromatic rings. The molecule has 22 heavy (non-hydrogen) atoms. The fraction of sp³-hybridized carbons (Fsp3) is 0.118. The van der Waals surface area contributed by atoms with Crippen LogP contribution in [0.4, 0.5) is 0 Å². The van der Waals surface area contributed by atoms with Crippen LogP contribution >= 0.6 is 0 Å². The van der Waals surface area contributed by atoms with Crippen LogP contribution in [-0.2, 0) is 4.74 Å². The Morgan fingerprint density at radius 2 is 1.91 bits per heavy atom. The van der Waals surface area contributed by atoms with Crippen molar-refractivity contribution in [1.82, 2.24) is 9.97 Å². The molecule has 0 aliphatic carbocycles. The number of ether oxygens (including phenoxy) is 2. The number of hydrogen-bond acceptors (Lipinski definition) is 5. The van der Waals surface area contributed by atoms with E-state index in [9.17, 15) is 4.79 Å². The van der Waals surface area contributed by atoms with E-state index in [-0.39, 0.29) is 19.2 Å². The minimum atomic E-state index is -0.381. The summed E-state index contributed by atoms with van der Waals surface area (Å²) >= 11 is 0. The third-order valence-electron chi connectivity index (χ3n) is 3.09. The lowest BCUT2D eigenvalue weighted by atomic mass is 10.1. The van der Waals surface area contributed by atoms with E-state index in [1.54, 1.807) is 48.9 Å². The molecule has 2 aromatic heterocycles. The zero-order valence-corrected chi connectivity index (χ0v) is 11.8. The second-order valence-electron chi connectivity index (χ2n) is 4.55. The highest BCUT2D eigenvalue weighted by Crippen LogP contribution is 2.17. The van der Waals surface area contributed by atoms with Gasteiger partial charge in [0.15, 0.2) is 0 Å². The molecule has 0 aliphatic rings. The Balaban J connectivity index is 1.60. The topological polar surface area (TPSA) is 61.3 Å². The quantitative estimate of drug-likeness (QED) is 0.535. The summed E-state index contributed by atoms with van der Waals surface area (Å²) in [5, 5.41) is 0.781. The van der Waals surface area contributed by atoms with Crippen molar-refractivity contribution in [2.75, 3.05) is 13.2 Å². The van der Waals surface area contributed by atoms with E-state index in [2.05, 4.69) is 9.97 Å². The summed E-state index contributed by atoms with van der Waals surface area (Å²) < 4.78 is 10.7. The Kier molecular flexibility index (Phi) is 4.25. The molecule has 0 saturated heterocycles. The fourth-order valence-electron chi connectivity index (χ4n) is 2.09. The predicted molar refractivity (Wildman–Crippen MR) is 81.8 cm³/mol. The predicted octanol–water partition coefficient (Wildman–Crippen LogP) is 2.87. The van der Waals surface area contributed by atoms with E-state index in [1.807, 2.05) is 12.1 Å². The molecule has 0 spiro atoms. The third kappa shape index (κ3) is 3.20. The number of hydrogen-bond donors (Lipinski definition) is 0. The molecular formula is C17H14N2O3. The number of nitrogens with zero attached hydrogens (tertiary/aromatic N) is 2. The molecule has 0 aliphatic heterocycles. The fourth-order valence-corrected chi connectivity index (χ4v) is 2.09. The second-order valence-corrected chi connectivity index (χ2v) is 4.55. The van der Waals surface area contributed by atoms with Gasteiger partial charge < -0.3 is 9.47 Å². The van der Waals surface area contributed by atoms with Gasteiger partial charge in [0.25, 0.3) is 0 Å². The van der Waals surface area contributed by atoms with Crippen molar-refractivity contribution in [2.45, 2.75) is 0 Å². The largest absolute Gasteiger partial charge is 0.488 e. The maximum atomic E-state index is 12.2. The summed E-state index contributed by atoms with van der Waals surface area (Å²) in [6, 6.07) is 12.6. The van der Waals surface area contributed by atoms with Crippen LogP contribution in [0.2, 0.25) is 0 Å². The average molecular weight is 294 g/mol. The molecular weight excluding hydrogens is 280 g/mol. The van der Waals surface area contributed by atoms with Crippen LogP contribution in [0.15, 0.2) is 61.1 Å². The molecule has 110 valence electrons. The van der Waals surface area contributed by atoms with Gasteiger partial charge in [-0.2, -0.15) is 0 Å². The minimum Gasteiger partial charge on any atom is -0.488 e. The second kappa shape index (κ2) is 6.67. The van der Waals surface area contributed by atoms with Gasteiger partial charge in [-0.3, -0.25) is 9.97 Å². The van der Waals surface area contributed by atoms with Crippen molar-refractivity contribution in [3.63, 3.8) is 0 Å². The molecule has 0 bridgehead atoms. The minimum absolute atomic E-state index is 0.171. The molecule has 0 amide bonds. The van der Waals surface area contributed by atoms with E-state index >= 15 is 0 Å². The maximum absolute atomic E-state index is 12.2. The highest BCUT2D eigenvalue weighted by Gasteiger charge is 2.11. The first kappa shape index (κ1) is 14.0. The number of carbonyl (C=O) groups excluding carboxylic acids is 1. The summed E-state index contributed by atoms with van der Waals surface area (Å²) in [4.78, 5) is 20.3.